The van der Waals surface area contributed by atoms with Gasteiger partial charge in [0.2, 0.25) is 11.8 Å². The van der Waals surface area contributed by atoms with E-state index in [9.17, 15) is 29.1 Å². The summed E-state index contributed by atoms with van der Waals surface area (Å²) >= 11 is 0. The average Bonchev–Trinajstić information content (AvgIpc) is 2.98. The number of rotatable bonds is 12. The van der Waals surface area contributed by atoms with Crippen LogP contribution in [0.5, 0.6) is 11.5 Å². The van der Waals surface area contributed by atoms with Crippen LogP contribution in [0.1, 0.15) is 27.9 Å². The molecule has 2 atom stereocenters. The molecule has 14 heteroatoms. The van der Waals surface area contributed by atoms with E-state index in [1.165, 1.54) is 43.4 Å². The number of carboxylic acid groups (broad SMARTS) is 1. The molecule has 0 saturated carbocycles. The fourth-order valence-corrected chi connectivity index (χ4v) is 4.55. The third-order valence-electron chi connectivity index (χ3n) is 6.73. The molecular weight excluding hydrogens is 550 g/mol. The number of hydrogen-bond donors (Lipinski definition) is 4. The fourth-order valence-electron chi connectivity index (χ4n) is 4.55. The van der Waals surface area contributed by atoms with E-state index in [0.29, 0.717) is 22.6 Å². The van der Waals surface area contributed by atoms with Crippen molar-refractivity contribution in [1.29, 1.82) is 5.41 Å². The number of amides is 3. The van der Waals surface area contributed by atoms with Gasteiger partial charge < -0.3 is 40.2 Å². The van der Waals surface area contributed by atoms with Gasteiger partial charge in [0.05, 0.1) is 27.8 Å². The number of methoxy groups -OCH3 is 3. The maximum absolute atomic E-state index is 14.0. The molecule has 1 fully saturated rings. The Balaban J connectivity index is 1.97. The Hall–Kier alpha value is -5.14. The lowest BCUT2D eigenvalue weighted by molar-refractivity contribution is -0.159. The lowest BCUT2D eigenvalue weighted by Crippen LogP contribution is -2.63. The fraction of sp³-hybridized carbons (Fsp3) is 0.357. The molecule has 0 unspecified atom stereocenters. The first-order chi connectivity index (χ1) is 20.0. The first-order valence-electron chi connectivity index (χ1n) is 12.8. The molecule has 224 valence electrons. The minimum Gasteiger partial charge on any atom is -0.493 e. The average molecular weight is 584 g/mol. The van der Waals surface area contributed by atoms with Crippen LogP contribution in [0, 0.1) is 5.41 Å². The van der Waals surface area contributed by atoms with E-state index in [1.54, 1.807) is 18.2 Å². The molecule has 2 aromatic carbocycles. The second-order valence-corrected chi connectivity index (χ2v) is 9.39. The molecule has 0 spiro atoms. The van der Waals surface area contributed by atoms with Crippen molar-refractivity contribution in [3.63, 3.8) is 0 Å². The van der Waals surface area contributed by atoms with Crippen molar-refractivity contribution in [2.24, 2.45) is 5.73 Å². The van der Waals surface area contributed by atoms with E-state index in [-0.39, 0.29) is 30.9 Å². The van der Waals surface area contributed by atoms with Crippen molar-refractivity contribution in [2.45, 2.75) is 24.9 Å². The normalized spacial score (nSPS) is 15.4. The van der Waals surface area contributed by atoms with Crippen LogP contribution in [0.4, 0.5) is 0 Å². The van der Waals surface area contributed by atoms with Gasteiger partial charge in [0.15, 0.2) is 11.5 Å². The summed E-state index contributed by atoms with van der Waals surface area (Å²) in [6.45, 7) is -0.760. The predicted octanol–water partition coefficient (Wildman–Crippen LogP) is 0.0161. The van der Waals surface area contributed by atoms with Crippen molar-refractivity contribution in [2.75, 3.05) is 41.0 Å². The number of carboxylic acids is 1. The summed E-state index contributed by atoms with van der Waals surface area (Å²) in [5.41, 5.74) is 6.69. The molecule has 5 N–H and O–H groups in total. The monoisotopic (exact) mass is 583 g/mol. The van der Waals surface area contributed by atoms with Gasteiger partial charge in [-0.2, -0.15) is 0 Å². The largest absolute Gasteiger partial charge is 0.493 e. The van der Waals surface area contributed by atoms with E-state index in [1.807, 2.05) is 0 Å². The zero-order valence-corrected chi connectivity index (χ0v) is 23.4. The van der Waals surface area contributed by atoms with E-state index in [2.05, 4.69) is 5.32 Å². The first-order valence-corrected chi connectivity index (χ1v) is 12.8. The lowest BCUT2D eigenvalue weighted by Gasteiger charge is -2.41. The summed E-state index contributed by atoms with van der Waals surface area (Å²) in [7, 11) is 4.06. The number of carbonyl (C=O) groups is 5. The van der Waals surface area contributed by atoms with Gasteiger partial charge in [-0.05, 0) is 29.8 Å². The highest BCUT2D eigenvalue weighted by molar-refractivity contribution is 6.01. The zero-order chi connectivity index (χ0) is 31.0. The second-order valence-electron chi connectivity index (χ2n) is 9.39. The molecule has 0 aromatic heterocycles. The number of carbonyl (C=O) groups excluding carboxylic acids is 4. The summed E-state index contributed by atoms with van der Waals surface area (Å²) in [4.78, 5) is 66.2. The van der Waals surface area contributed by atoms with Crippen LogP contribution in [0.25, 0.3) is 0 Å². The molecular formula is C28H33N5O9. The van der Waals surface area contributed by atoms with E-state index in [4.69, 9.17) is 25.4 Å². The van der Waals surface area contributed by atoms with E-state index in [0.717, 1.165) is 12.0 Å². The highest BCUT2D eigenvalue weighted by Crippen LogP contribution is 2.28. The van der Waals surface area contributed by atoms with Crippen LogP contribution in [-0.2, 0) is 30.3 Å². The minimum absolute atomic E-state index is 0.0229. The Kier molecular flexibility index (Phi) is 10.4. The number of piperazine rings is 1. The number of benzene rings is 2. The van der Waals surface area contributed by atoms with Gasteiger partial charge in [-0.25, -0.2) is 0 Å². The number of aliphatic carboxylic acids is 1. The van der Waals surface area contributed by atoms with Gasteiger partial charge >= 0.3 is 11.9 Å². The molecule has 14 nitrogen and oxygen atoms in total. The number of nitrogen functional groups attached to an aromatic ring is 1. The summed E-state index contributed by atoms with van der Waals surface area (Å²) in [6, 6.07) is 8.35. The third-order valence-corrected chi connectivity index (χ3v) is 6.73. The van der Waals surface area contributed by atoms with Gasteiger partial charge in [-0.1, -0.05) is 18.2 Å². The number of nitrogens with one attached hydrogen (secondary N) is 2. The topological polar surface area (TPSA) is 202 Å². The Morgan fingerprint density at radius 2 is 1.67 bits per heavy atom. The molecule has 3 rings (SSSR count). The number of nitrogens with two attached hydrogens (primary N) is 1. The Labute approximate surface area is 241 Å². The molecule has 0 bridgehead atoms. The smallest absolute Gasteiger partial charge is 0.323 e. The highest BCUT2D eigenvalue weighted by atomic mass is 16.5. The van der Waals surface area contributed by atoms with Crippen LogP contribution >= 0.6 is 0 Å². The van der Waals surface area contributed by atoms with E-state index < -0.39 is 54.7 Å². The highest BCUT2D eigenvalue weighted by Gasteiger charge is 2.42. The Morgan fingerprint density at radius 3 is 2.24 bits per heavy atom. The van der Waals surface area contributed by atoms with Crippen LogP contribution in [0.2, 0.25) is 0 Å². The van der Waals surface area contributed by atoms with Crippen molar-refractivity contribution >= 4 is 35.5 Å². The molecule has 0 aliphatic carbocycles. The van der Waals surface area contributed by atoms with Crippen molar-refractivity contribution in [3.05, 3.63) is 59.2 Å². The molecule has 1 heterocycles. The second kappa shape index (κ2) is 14.0. The van der Waals surface area contributed by atoms with Crippen LogP contribution in [-0.4, -0.2) is 103 Å². The summed E-state index contributed by atoms with van der Waals surface area (Å²) in [6.07, 6.45) is -0.522. The molecule has 2 aromatic rings. The van der Waals surface area contributed by atoms with E-state index >= 15 is 0 Å². The molecule has 0 radical (unpaired) electrons. The van der Waals surface area contributed by atoms with Gasteiger partial charge in [0, 0.05) is 30.6 Å². The predicted molar refractivity (Wildman–Crippen MR) is 148 cm³/mol. The van der Waals surface area contributed by atoms with Crippen molar-refractivity contribution in [1.82, 2.24) is 15.1 Å². The number of ether oxygens (including phenoxy) is 3. The lowest BCUT2D eigenvalue weighted by atomic mass is 10.00. The summed E-state index contributed by atoms with van der Waals surface area (Å²) in [5, 5.41) is 19.5. The molecule has 3 amide bonds. The summed E-state index contributed by atoms with van der Waals surface area (Å²) < 4.78 is 15.4. The number of nitrogens with zero attached hydrogens (tertiary/aromatic N) is 2. The van der Waals surface area contributed by atoms with Gasteiger partial charge in [-0.3, -0.25) is 29.4 Å². The minimum atomic E-state index is -1.34. The SMILES string of the molecule is COC(=O)C[C@H]1C(=O)N(CC(=O)O)CCN1C(=O)[C@H](Cc1ccc(OC)c(OC)c1)NC(=O)c1ccc(C(=N)N)cc1. The van der Waals surface area contributed by atoms with Crippen molar-refractivity contribution in [3.8, 4) is 11.5 Å². The Morgan fingerprint density at radius 1 is 1.02 bits per heavy atom. The van der Waals surface area contributed by atoms with Crippen LogP contribution in [0.15, 0.2) is 42.5 Å². The van der Waals surface area contributed by atoms with Crippen molar-refractivity contribution < 1.29 is 43.3 Å². The third kappa shape index (κ3) is 7.53. The van der Waals surface area contributed by atoms with Crippen LogP contribution in [0.3, 0.4) is 0 Å². The first kappa shape index (κ1) is 31.4. The number of hydrogen-bond acceptors (Lipinski definition) is 9. The van der Waals surface area contributed by atoms with Gasteiger partial charge in [0.25, 0.3) is 5.91 Å². The maximum Gasteiger partial charge on any atom is 0.323 e. The summed E-state index contributed by atoms with van der Waals surface area (Å²) in [5.74, 6) is -3.32. The Bertz CT molecular complexity index is 1360. The molecule has 1 aliphatic rings. The molecule has 1 aliphatic heterocycles. The van der Waals surface area contributed by atoms with Gasteiger partial charge in [0.1, 0.15) is 24.5 Å². The number of amidine groups is 1. The quantitative estimate of drug-likeness (QED) is 0.150. The van der Waals surface area contributed by atoms with Gasteiger partial charge in [-0.15, -0.1) is 0 Å². The number of esters is 1. The van der Waals surface area contributed by atoms with Crippen LogP contribution < -0.4 is 20.5 Å². The maximum atomic E-state index is 14.0. The molecule has 1 saturated heterocycles. The standard InChI is InChI=1S/C28H33N5O9/c1-40-21-9-4-16(13-22(21)41-2)12-19(31-26(37)18-7-5-17(6-8-18)25(29)30)27(38)33-11-10-32(15-23(34)35)28(39)20(33)14-24(36)42-3/h4-9,13,19-20H,10-12,14-15H2,1-3H3,(H3,29,30)(H,31,37)(H,34,35)/t19-,20-/m0/s1. The zero-order valence-electron chi connectivity index (χ0n) is 23.4. The molecule has 42 heavy (non-hydrogen) atoms.